The Morgan fingerprint density at radius 1 is 1.13 bits per heavy atom. The highest BCUT2D eigenvalue weighted by Gasteiger charge is 2.36. The minimum Gasteiger partial charge on any atom is -0.496 e. The van der Waals surface area contributed by atoms with Crippen molar-refractivity contribution in [2.24, 2.45) is 4.99 Å². The van der Waals surface area contributed by atoms with Crippen LogP contribution in [-0.4, -0.2) is 30.9 Å². The molecule has 7 nitrogen and oxygen atoms in total. The van der Waals surface area contributed by atoms with Crippen LogP contribution in [0.5, 0.6) is 11.5 Å². The van der Waals surface area contributed by atoms with Crippen molar-refractivity contribution in [3.05, 3.63) is 89.0 Å². The van der Waals surface area contributed by atoms with Crippen molar-refractivity contribution in [1.29, 1.82) is 0 Å². The second-order valence-corrected chi connectivity index (χ2v) is 10.6. The number of allylic oxidation sites excluding steroid dienone is 1. The standard InChI is InChI=1S/C29H31BrN2O5S/c1-5-8-22-25(28(34)36-7-3)26(21-17-19(30)11-14-23(21)35-4)32-27(33)24(38-29(32)31-22)16-18-9-12-20(13-10-18)37-15-6-2/h9-14,16-17,26H,5-8,15H2,1-4H3/b24-16+/t26-/m0/s1. The zero-order chi connectivity index (χ0) is 27.2. The summed E-state index contributed by atoms with van der Waals surface area (Å²) in [5.74, 6) is 0.870. The summed E-state index contributed by atoms with van der Waals surface area (Å²) >= 11 is 4.85. The van der Waals surface area contributed by atoms with Gasteiger partial charge in [-0.25, -0.2) is 9.79 Å². The molecular weight excluding hydrogens is 568 g/mol. The largest absolute Gasteiger partial charge is 0.496 e. The van der Waals surface area contributed by atoms with Crippen LogP contribution in [0.1, 0.15) is 57.2 Å². The second kappa shape index (κ2) is 12.6. The number of halogens is 1. The number of nitrogens with zero attached hydrogens (tertiary/aromatic N) is 2. The van der Waals surface area contributed by atoms with Crippen molar-refractivity contribution >= 4 is 39.3 Å². The number of esters is 1. The van der Waals surface area contributed by atoms with Crippen LogP contribution in [0.4, 0.5) is 0 Å². The van der Waals surface area contributed by atoms with E-state index < -0.39 is 12.0 Å². The van der Waals surface area contributed by atoms with Crippen LogP contribution in [0.25, 0.3) is 6.08 Å². The minimum atomic E-state index is -0.744. The fourth-order valence-electron chi connectivity index (χ4n) is 4.37. The molecule has 4 rings (SSSR count). The summed E-state index contributed by atoms with van der Waals surface area (Å²) in [6, 6.07) is 12.4. The number of thiazole rings is 1. The van der Waals surface area contributed by atoms with Crippen molar-refractivity contribution in [2.75, 3.05) is 20.3 Å². The van der Waals surface area contributed by atoms with Crippen molar-refractivity contribution in [3.63, 3.8) is 0 Å². The molecule has 0 saturated heterocycles. The van der Waals surface area contributed by atoms with Gasteiger partial charge in [0.2, 0.25) is 0 Å². The highest BCUT2D eigenvalue weighted by atomic mass is 79.9. The first-order valence-electron chi connectivity index (χ1n) is 12.7. The fourth-order valence-corrected chi connectivity index (χ4v) is 5.76. The normalized spacial score (nSPS) is 15.2. The van der Waals surface area contributed by atoms with Gasteiger partial charge in [-0.1, -0.05) is 59.7 Å². The van der Waals surface area contributed by atoms with Crippen LogP contribution in [-0.2, 0) is 9.53 Å². The van der Waals surface area contributed by atoms with Crippen molar-refractivity contribution < 1.29 is 19.0 Å². The molecule has 38 heavy (non-hydrogen) atoms. The quantitative estimate of drug-likeness (QED) is 0.302. The Balaban J connectivity index is 1.94. The molecule has 200 valence electrons. The maximum absolute atomic E-state index is 13.9. The third-order valence-electron chi connectivity index (χ3n) is 6.03. The van der Waals surface area contributed by atoms with Gasteiger partial charge in [-0.05, 0) is 61.7 Å². The fraction of sp³-hybridized carbons (Fsp3) is 0.345. The average molecular weight is 600 g/mol. The van der Waals surface area contributed by atoms with E-state index in [4.69, 9.17) is 19.2 Å². The first kappa shape index (κ1) is 27.9. The lowest BCUT2D eigenvalue weighted by Gasteiger charge is -2.27. The van der Waals surface area contributed by atoms with Gasteiger partial charge in [0.15, 0.2) is 4.80 Å². The molecule has 0 unspecified atom stereocenters. The highest BCUT2D eigenvalue weighted by Crippen LogP contribution is 2.38. The lowest BCUT2D eigenvalue weighted by molar-refractivity contribution is -0.139. The summed E-state index contributed by atoms with van der Waals surface area (Å²) in [6.45, 7) is 6.72. The Hall–Kier alpha value is -3.17. The third kappa shape index (κ3) is 5.78. The number of hydrogen-bond acceptors (Lipinski definition) is 7. The summed E-state index contributed by atoms with van der Waals surface area (Å²) in [5, 5.41) is 0. The van der Waals surface area contributed by atoms with Crippen LogP contribution in [0, 0.1) is 0 Å². The summed E-state index contributed by atoms with van der Waals surface area (Å²) in [4.78, 5) is 32.6. The van der Waals surface area contributed by atoms with E-state index in [9.17, 15) is 9.59 Å². The van der Waals surface area contributed by atoms with E-state index in [1.165, 1.54) is 11.3 Å². The van der Waals surface area contributed by atoms with Crippen LogP contribution >= 0.6 is 27.3 Å². The molecule has 0 saturated carbocycles. The SMILES string of the molecule is CCCOc1ccc(/C=c2/sc3n(c2=O)[C@@H](c2cc(Br)ccc2OC)C(C(=O)OCC)=C(CCC)N=3)cc1. The monoisotopic (exact) mass is 598 g/mol. The van der Waals surface area contributed by atoms with Gasteiger partial charge in [0.1, 0.15) is 17.5 Å². The molecule has 0 bridgehead atoms. The van der Waals surface area contributed by atoms with Crippen LogP contribution in [0.2, 0.25) is 0 Å². The molecule has 0 fully saturated rings. The molecule has 0 aliphatic carbocycles. The van der Waals surface area contributed by atoms with Gasteiger partial charge in [0.05, 0.1) is 36.1 Å². The molecule has 0 radical (unpaired) electrons. The molecule has 0 amide bonds. The van der Waals surface area contributed by atoms with Crippen molar-refractivity contribution in [3.8, 4) is 11.5 Å². The van der Waals surface area contributed by atoms with Crippen LogP contribution in [0.3, 0.4) is 0 Å². The predicted octanol–water partition coefficient (Wildman–Crippen LogP) is 5.14. The van der Waals surface area contributed by atoms with Gasteiger partial charge < -0.3 is 14.2 Å². The summed E-state index contributed by atoms with van der Waals surface area (Å²) in [5.41, 5.74) is 2.31. The van der Waals surface area contributed by atoms with E-state index in [-0.39, 0.29) is 12.2 Å². The molecule has 3 aromatic rings. The molecule has 2 aromatic carbocycles. The highest BCUT2D eigenvalue weighted by molar-refractivity contribution is 9.10. The summed E-state index contributed by atoms with van der Waals surface area (Å²) in [6.07, 6.45) is 4.13. The van der Waals surface area contributed by atoms with Gasteiger partial charge in [-0.3, -0.25) is 9.36 Å². The van der Waals surface area contributed by atoms with Crippen LogP contribution in [0.15, 0.2) is 68.0 Å². The molecule has 1 aromatic heterocycles. The Kier molecular flexibility index (Phi) is 9.22. The molecule has 9 heteroatoms. The first-order valence-corrected chi connectivity index (χ1v) is 14.3. The number of carbonyl (C=O) groups is 1. The maximum Gasteiger partial charge on any atom is 0.338 e. The Morgan fingerprint density at radius 3 is 2.55 bits per heavy atom. The molecule has 0 N–H and O–H groups in total. The smallest absolute Gasteiger partial charge is 0.338 e. The number of methoxy groups -OCH3 is 1. The van der Waals surface area contributed by atoms with Crippen molar-refractivity contribution in [2.45, 2.75) is 46.1 Å². The van der Waals surface area contributed by atoms with Gasteiger partial charge in [0.25, 0.3) is 5.56 Å². The number of rotatable bonds is 10. The Bertz CT molecular complexity index is 1520. The number of aromatic nitrogens is 1. The van der Waals surface area contributed by atoms with Crippen molar-refractivity contribution in [1.82, 2.24) is 4.57 Å². The van der Waals surface area contributed by atoms with Gasteiger partial charge in [0, 0.05) is 10.0 Å². The number of carbonyl (C=O) groups excluding carboxylic acids is 1. The zero-order valence-corrected chi connectivity index (χ0v) is 24.4. The average Bonchev–Trinajstić information content (AvgIpc) is 3.22. The number of fused-ring (bicyclic) bond motifs is 1. The molecular formula is C29H31BrN2O5S. The summed E-state index contributed by atoms with van der Waals surface area (Å²) in [7, 11) is 1.57. The molecule has 1 aliphatic rings. The van der Waals surface area contributed by atoms with E-state index in [2.05, 4.69) is 22.9 Å². The lowest BCUT2D eigenvalue weighted by Crippen LogP contribution is -2.40. The van der Waals surface area contributed by atoms with E-state index in [1.54, 1.807) is 18.6 Å². The topological polar surface area (TPSA) is 79.1 Å². The summed E-state index contributed by atoms with van der Waals surface area (Å²) < 4.78 is 19.7. The minimum absolute atomic E-state index is 0.215. The molecule has 0 spiro atoms. The van der Waals surface area contributed by atoms with E-state index in [1.807, 2.05) is 55.5 Å². The Labute approximate surface area is 234 Å². The molecule has 2 heterocycles. The van der Waals surface area contributed by atoms with Gasteiger partial charge in [-0.15, -0.1) is 0 Å². The zero-order valence-electron chi connectivity index (χ0n) is 22.0. The predicted molar refractivity (Wildman–Crippen MR) is 153 cm³/mol. The van der Waals surface area contributed by atoms with Gasteiger partial charge >= 0.3 is 5.97 Å². The number of ether oxygens (including phenoxy) is 3. The van der Waals surface area contributed by atoms with Crippen LogP contribution < -0.4 is 24.4 Å². The lowest BCUT2D eigenvalue weighted by atomic mass is 9.93. The van der Waals surface area contributed by atoms with E-state index >= 15 is 0 Å². The Morgan fingerprint density at radius 2 is 1.89 bits per heavy atom. The second-order valence-electron chi connectivity index (χ2n) is 8.72. The maximum atomic E-state index is 13.9. The third-order valence-corrected chi connectivity index (χ3v) is 7.51. The molecule has 1 atom stereocenters. The van der Waals surface area contributed by atoms with Gasteiger partial charge in [-0.2, -0.15) is 0 Å². The van der Waals surface area contributed by atoms with E-state index in [0.29, 0.717) is 44.9 Å². The molecule has 1 aliphatic heterocycles. The number of hydrogen-bond donors (Lipinski definition) is 0. The van der Waals surface area contributed by atoms with E-state index in [0.717, 1.165) is 28.6 Å². The first-order chi connectivity index (χ1) is 18.4. The number of benzene rings is 2.